The van der Waals surface area contributed by atoms with Gasteiger partial charge in [0.2, 0.25) is 10.0 Å². The predicted molar refractivity (Wildman–Crippen MR) is 87.3 cm³/mol. The van der Waals surface area contributed by atoms with E-state index < -0.39 is 10.0 Å². The summed E-state index contributed by atoms with van der Waals surface area (Å²) in [5, 5.41) is 0. The van der Waals surface area contributed by atoms with Crippen LogP contribution in [0.3, 0.4) is 0 Å². The van der Waals surface area contributed by atoms with Crippen LogP contribution < -0.4 is 0 Å². The molecule has 2 heterocycles. The number of hydrogen-bond donors (Lipinski definition) is 0. The van der Waals surface area contributed by atoms with Gasteiger partial charge >= 0.3 is 0 Å². The minimum Gasteiger partial charge on any atom is -0.370 e. The van der Waals surface area contributed by atoms with E-state index in [4.69, 9.17) is 4.74 Å². The van der Waals surface area contributed by atoms with Gasteiger partial charge in [0.25, 0.3) is 0 Å². The van der Waals surface area contributed by atoms with E-state index in [0.29, 0.717) is 6.61 Å². The van der Waals surface area contributed by atoms with Crippen molar-refractivity contribution in [3.8, 4) is 0 Å². The number of ether oxygens (including phenoxy) is 1. The van der Waals surface area contributed by atoms with Crippen molar-refractivity contribution in [2.45, 2.75) is 36.9 Å². The van der Waals surface area contributed by atoms with Crippen LogP contribution in [0.2, 0.25) is 0 Å². The Balaban J connectivity index is 1.97. The highest BCUT2D eigenvalue weighted by atomic mass is 32.2. The number of hydrogen-bond acceptors (Lipinski definition) is 4. The third-order valence-electron chi connectivity index (χ3n) is 4.13. The van der Waals surface area contributed by atoms with Crippen LogP contribution in [0.15, 0.2) is 59.8 Å². The minimum absolute atomic E-state index is 0.215. The zero-order chi connectivity index (χ0) is 16.4. The molecule has 3 rings (SSSR count). The zero-order valence-electron chi connectivity index (χ0n) is 13.2. The van der Waals surface area contributed by atoms with Gasteiger partial charge in [-0.1, -0.05) is 30.3 Å². The molecule has 5 nitrogen and oxygen atoms in total. The van der Waals surface area contributed by atoms with Gasteiger partial charge in [0.1, 0.15) is 4.90 Å². The van der Waals surface area contributed by atoms with Crippen molar-refractivity contribution in [1.29, 1.82) is 0 Å². The highest BCUT2D eigenvalue weighted by molar-refractivity contribution is 7.89. The SMILES string of the molecule is C[C@@H]1CO[C@@H](c2ccccc2)[C@@H](C)N1S(=O)(=O)c1cccnc1. The van der Waals surface area contributed by atoms with Crippen LogP contribution in [0.1, 0.15) is 25.5 Å². The van der Waals surface area contributed by atoms with Crippen molar-refractivity contribution in [2.24, 2.45) is 0 Å². The maximum absolute atomic E-state index is 13.0. The quantitative estimate of drug-likeness (QED) is 0.867. The molecular weight excluding hydrogens is 312 g/mol. The smallest absolute Gasteiger partial charge is 0.245 e. The number of benzene rings is 1. The summed E-state index contributed by atoms with van der Waals surface area (Å²) >= 11 is 0. The first-order chi connectivity index (χ1) is 11.0. The molecule has 0 spiro atoms. The van der Waals surface area contributed by atoms with Gasteiger partial charge in [-0.05, 0) is 31.5 Å². The molecule has 1 aliphatic heterocycles. The van der Waals surface area contributed by atoms with Gasteiger partial charge in [-0.3, -0.25) is 4.98 Å². The molecule has 1 fully saturated rings. The summed E-state index contributed by atoms with van der Waals surface area (Å²) in [6.07, 6.45) is 2.68. The molecule has 122 valence electrons. The lowest BCUT2D eigenvalue weighted by molar-refractivity contribution is -0.0617. The van der Waals surface area contributed by atoms with Crippen LogP contribution in [-0.4, -0.2) is 36.4 Å². The number of nitrogens with zero attached hydrogens (tertiary/aromatic N) is 2. The van der Waals surface area contributed by atoms with E-state index in [9.17, 15) is 8.42 Å². The first-order valence-electron chi connectivity index (χ1n) is 7.62. The second-order valence-electron chi connectivity index (χ2n) is 5.78. The lowest BCUT2D eigenvalue weighted by atomic mass is 10.0. The van der Waals surface area contributed by atoms with Crippen LogP contribution in [0.4, 0.5) is 0 Å². The van der Waals surface area contributed by atoms with Gasteiger partial charge in [-0.25, -0.2) is 8.42 Å². The van der Waals surface area contributed by atoms with Crippen molar-refractivity contribution in [3.05, 3.63) is 60.4 Å². The number of morpholine rings is 1. The lowest BCUT2D eigenvalue weighted by Crippen LogP contribution is -2.53. The molecule has 0 bridgehead atoms. The van der Waals surface area contributed by atoms with Gasteiger partial charge in [-0.15, -0.1) is 0 Å². The van der Waals surface area contributed by atoms with Crippen LogP contribution in [0.25, 0.3) is 0 Å². The van der Waals surface area contributed by atoms with E-state index >= 15 is 0 Å². The van der Waals surface area contributed by atoms with Crippen molar-refractivity contribution in [1.82, 2.24) is 9.29 Å². The largest absolute Gasteiger partial charge is 0.370 e. The fourth-order valence-electron chi connectivity index (χ4n) is 3.09. The van der Waals surface area contributed by atoms with Crippen LogP contribution in [0, 0.1) is 0 Å². The fourth-order valence-corrected chi connectivity index (χ4v) is 4.86. The first kappa shape index (κ1) is 16.1. The Morgan fingerprint density at radius 1 is 1.13 bits per heavy atom. The molecular formula is C17H20N2O3S. The standard InChI is InChI=1S/C17H20N2O3S/c1-13-12-22-17(15-7-4-3-5-8-15)14(2)19(13)23(20,21)16-9-6-10-18-11-16/h3-11,13-14,17H,12H2,1-2H3/t13-,14-,17-/m1/s1. The Morgan fingerprint density at radius 2 is 1.87 bits per heavy atom. The summed E-state index contributed by atoms with van der Waals surface area (Å²) in [6, 6.07) is 12.4. The summed E-state index contributed by atoms with van der Waals surface area (Å²) in [4.78, 5) is 4.15. The molecule has 0 unspecified atom stereocenters. The summed E-state index contributed by atoms with van der Waals surface area (Å²) in [6.45, 7) is 4.12. The second-order valence-corrected chi connectivity index (χ2v) is 7.62. The van der Waals surface area contributed by atoms with Gasteiger partial charge in [0.05, 0.1) is 18.8 Å². The fraction of sp³-hybridized carbons (Fsp3) is 0.353. The van der Waals surface area contributed by atoms with Gasteiger partial charge in [0, 0.05) is 18.4 Å². The van der Waals surface area contributed by atoms with Gasteiger partial charge in [0.15, 0.2) is 0 Å². The Labute approximate surface area is 137 Å². The second kappa shape index (κ2) is 6.39. The highest BCUT2D eigenvalue weighted by Crippen LogP contribution is 2.34. The molecule has 1 saturated heterocycles. The summed E-state index contributed by atoms with van der Waals surface area (Å²) in [5.41, 5.74) is 0.985. The molecule has 0 N–H and O–H groups in total. The highest BCUT2D eigenvalue weighted by Gasteiger charge is 2.41. The molecule has 0 saturated carbocycles. The first-order valence-corrected chi connectivity index (χ1v) is 9.06. The van der Waals surface area contributed by atoms with Gasteiger partial charge in [-0.2, -0.15) is 4.31 Å². The van der Waals surface area contributed by atoms with E-state index in [1.54, 1.807) is 22.6 Å². The molecule has 6 heteroatoms. The molecule has 0 aliphatic carbocycles. The third-order valence-corrected chi connectivity index (χ3v) is 6.21. The van der Waals surface area contributed by atoms with Crippen LogP contribution >= 0.6 is 0 Å². The Kier molecular flexibility index (Phi) is 4.48. The summed E-state index contributed by atoms with van der Waals surface area (Å²) < 4.78 is 33.5. The van der Waals surface area contributed by atoms with Crippen LogP contribution in [0.5, 0.6) is 0 Å². The monoisotopic (exact) mass is 332 g/mol. The van der Waals surface area contributed by atoms with E-state index in [1.165, 1.54) is 6.20 Å². The van der Waals surface area contributed by atoms with E-state index in [-0.39, 0.29) is 23.1 Å². The summed E-state index contributed by atoms with van der Waals surface area (Å²) in [5.74, 6) is 0. The Hall–Kier alpha value is -1.76. The molecule has 1 aliphatic rings. The molecule has 2 aromatic rings. The number of sulfonamides is 1. The number of pyridine rings is 1. The third kappa shape index (κ3) is 3.02. The molecule has 3 atom stereocenters. The lowest BCUT2D eigenvalue weighted by Gasteiger charge is -2.42. The van der Waals surface area contributed by atoms with Crippen molar-refractivity contribution < 1.29 is 13.2 Å². The maximum atomic E-state index is 13.0. The van der Waals surface area contributed by atoms with E-state index in [1.807, 2.05) is 44.2 Å². The Morgan fingerprint density at radius 3 is 2.52 bits per heavy atom. The van der Waals surface area contributed by atoms with Crippen molar-refractivity contribution in [2.75, 3.05) is 6.61 Å². The average Bonchev–Trinajstić information content (AvgIpc) is 2.56. The molecule has 0 radical (unpaired) electrons. The zero-order valence-corrected chi connectivity index (χ0v) is 14.0. The topological polar surface area (TPSA) is 59.5 Å². The molecule has 23 heavy (non-hydrogen) atoms. The maximum Gasteiger partial charge on any atom is 0.245 e. The van der Waals surface area contributed by atoms with Gasteiger partial charge < -0.3 is 4.74 Å². The van der Waals surface area contributed by atoms with Crippen molar-refractivity contribution in [3.63, 3.8) is 0 Å². The van der Waals surface area contributed by atoms with Crippen molar-refractivity contribution >= 4 is 10.0 Å². The number of rotatable bonds is 3. The summed E-state index contributed by atoms with van der Waals surface area (Å²) in [7, 11) is -3.61. The molecule has 0 amide bonds. The molecule has 1 aromatic heterocycles. The Bertz CT molecular complexity index is 750. The number of aromatic nitrogens is 1. The van der Waals surface area contributed by atoms with E-state index in [0.717, 1.165) is 5.56 Å². The average molecular weight is 332 g/mol. The predicted octanol–water partition coefficient (Wildman–Crippen LogP) is 2.62. The van der Waals surface area contributed by atoms with E-state index in [2.05, 4.69) is 4.98 Å². The minimum atomic E-state index is -3.61. The normalized spacial score (nSPS) is 26.1. The van der Waals surface area contributed by atoms with Crippen LogP contribution in [-0.2, 0) is 14.8 Å². The molecule has 1 aromatic carbocycles.